The molecule has 2 aromatic carbocycles. The first-order valence-electron chi connectivity index (χ1n) is 10.7. The number of aliphatic imine (C=N–C) groups is 1. The Hall–Kier alpha value is -2.52. The maximum absolute atomic E-state index is 12.5. The van der Waals surface area contributed by atoms with Crippen molar-refractivity contribution >= 4 is 44.0 Å². The summed E-state index contributed by atoms with van der Waals surface area (Å²) in [6.45, 7) is 5.85. The molecule has 0 saturated carbocycles. The van der Waals surface area contributed by atoms with Crippen LogP contribution in [0.25, 0.3) is 0 Å². The van der Waals surface area contributed by atoms with Crippen molar-refractivity contribution in [3.8, 4) is 5.75 Å². The van der Waals surface area contributed by atoms with Crippen LogP contribution in [0.15, 0.2) is 59.6 Å². The van der Waals surface area contributed by atoms with E-state index < -0.39 is 15.7 Å². The van der Waals surface area contributed by atoms with E-state index in [4.69, 9.17) is 4.74 Å². The third-order valence-electron chi connectivity index (χ3n) is 5.65. The summed E-state index contributed by atoms with van der Waals surface area (Å²) in [7, 11) is -3.11. The van der Waals surface area contributed by atoms with E-state index in [1.165, 1.54) is 11.8 Å². The van der Waals surface area contributed by atoms with Gasteiger partial charge in [0.1, 0.15) is 5.75 Å². The first kappa shape index (κ1) is 22.7. The van der Waals surface area contributed by atoms with Gasteiger partial charge in [0.25, 0.3) is 5.91 Å². The molecule has 7 nitrogen and oxygen atoms in total. The molecule has 1 amide bonds. The number of sulfone groups is 1. The summed E-state index contributed by atoms with van der Waals surface area (Å²) < 4.78 is 30.0. The van der Waals surface area contributed by atoms with Crippen molar-refractivity contribution in [1.82, 2.24) is 0 Å². The van der Waals surface area contributed by atoms with Gasteiger partial charge in [0.2, 0.25) is 0 Å². The van der Waals surface area contributed by atoms with Crippen LogP contribution in [0.4, 0.5) is 11.4 Å². The first-order chi connectivity index (χ1) is 15.4. The van der Waals surface area contributed by atoms with Crippen molar-refractivity contribution < 1.29 is 17.9 Å². The number of rotatable bonds is 7. The zero-order chi connectivity index (χ0) is 22.7. The number of thioether (sulfide) groups is 1. The van der Waals surface area contributed by atoms with Gasteiger partial charge in [0.05, 0.1) is 17.5 Å². The van der Waals surface area contributed by atoms with Crippen LogP contribution in [-0.4, -0.2) is 62.0 Å². The van der Waals surface area contributed by atoms with E-state index in [2.05, 4.69) is 23.7 Å². The predicted molar refractivity (Wildman–Crippen MR) is 131 cm³/mol. The van der Waals surface area contributed by atoms with Crippen LogP contribution in [0, 0.1) is 0 Å². The minimum atomic E-state index is -3.11. The lowest BCUT2D eigenvalue weighted by Crippen LogP contribution is -2.38. The molecule has 0 aliphatic carbocycles. The molecule has 170 valence electrons. The second kappa shape index (κ2) is 9.54. The van der Waals surface area contributed by atoms with Crippen molar-refractivity contribution in [3.63, 3.8) is 0 Å². The average Bonchev–Trinajstić information content (AvgIpc) is 3.25. The highest BCUT2D eigenvalue weighted by Crippen LogP contribution is 2.41. The third kappa shape index (κ3) is 4.94. The van der Waals surface area contributed by atoms with Crippen LogP contribution in [0.1, 0.15) is 13.8 Å². The van der Waals surface area contributed by atoms with Gasteiger partial charge in [-0.05, 0) is 50.2 Å². The second-order valence-electron chi connectivity index (χ2n) is 7.75. The van der Waals surface area contributed by atoms with Crippen molar-refractivity contribution in [1.29, 1.82) is 0 Å². The molecule has 2 saturated heterocycles. The van der Waals surface area contributed by atoms with Crippen molar-refractivity contribution in [2.45, 2.75) is 25.1 Å². The number of nitrogens with zero attached hydrogens (tertiary/aromatic N) is 3. The van der Waals surface area contributed by atoms with E-state index in [9.17, 15) is 13.2 Å². The van der Waals surface area contributed by atoms with Gasteiger partial charge in [-0.15, -0.1) is 0 Å². The molecule has 0 aromatic heterocycles. The van der Waals surface area contributed by atoms with Gasteiger partial charge in [-0.2, -0.15) is 4.99 Å². The highest BCUT2D eigenvalue weighted by atomic mass is 32.2. The van der Waals surface area contributed by atoms with Crippen LogP contribution < -0.4 is 14.5 Å². The Morgan fingerprint density at radius 3 is 2.44 bits per heavy atom. The number of hydrogen-bond donors (Lipinski definition) is 0. The minimum absolute atomic E-state index is 0.0657. The monoisotopic (exact) mass is 473 g/mol. The summed E-state index contributed by atoms with van der Waals surface area (Å²) in [4.78, 5) is 21.0. The SMILES string of the molecule is CCN(CC)c1ccc(N2C(=NC(=O)COc3ccccc3)S[C@@H]3CS(=O)(=O)C[C@@H]32)cc1. The van der Waals surface area contributed by atoms with Gasteiger partial charge in [-0.25, -0.2) is 8.42 Å². The van der Waals surface area contributed by atoms with E-state index in [0.29, 0.717) is 10.9 Å². The quantitative estimate of drug-likeness (QED) is 0.611. The van der Waals surface area contributed by atoms with Crippen LogP contribution >= 0.6 is 11.8 Å². The summed E-state index contributed by atoms with van der Waals surface area (Å²) in [6, 6.07) is 16.9. The highest BCUT2D eigenvalue weighted by molar-refractivity contribution is 8.16. The van der Waals surface area contributed by atoms with Gasteiger partial charge in [0.15, 0.2) is 21.6 Å². The number of para-hydroxylation sites is 1. The molecule has 32 heavy (non-hydrogen) atoms. The van der Waals surface area contributed by atoms with Gasteiger partial charge in [-0.3, -0.25) is 4.79 Å². The third-order valence-corrected chi connectivity index (χ3v) is 8.86. The molecular formula is C23H27N3O4S2. The number of fused-ring (bicyclic) bond motifs is 1. The normalized spacial score (nSPS) is 22.7. The van der Waals surface area contributed by atoms with E-state index in [-0.39, 0.29) is 29.4 Å². The maximum atomic E-state index is 12.5. The number of ether oxygens (including phenoxy) is 1. The Bertz CT molecular complexity index is 1080. The molecule has 0 radical (unpaired) electrons. The molecule has 0 bridgehead atoms. The van der Waals surface area contributed by atoms with Crippen molar-refractivity contribution in [3.05, 3.63) is 54.6 Å². The topological polar surface area (TPSA) is 79.3 Å². The van der Waals surface area contributed by atoms with Crippen LogP contribution in [0.5, 0.6) is 5.75 Å². The average molecular weight is 474 g/mol. The molecule has 2 heterocycles. The highest BCUT2D eigenvalue weighted by Gasteiger charge is 2.49. The predicted octanol–water partition coefficient (Wildman–Crippen LogP) is 3.21. The van der Waals surface area contributed by atoms with Gasteiger partial charge < -0.3 is 14.5 Å². The molecule has 2 atom stereocenters. The van der Waals surface area contributed by atoms with Gasteiger partial charge >= 0.3 is 0 Å². The fourth-order valence-corrected chi connectivity index (χ4v) is 8.01. The molecule has 0 unspecified atom stereocenters. The number of benzene rings is 2. The zero-order valence-electron chi connectivity index (χ0n) is 18.2. The van der Waals surface area contributed by atoms with Crippen LogP contribution in [-0.2, 0) is 14.6 Å². The standard InChI is InChI=1S/C23H27N3O4S2/c1-3-25(4-2)17-10-12-18(13-11-17)26-20-15-32(28,29)16-21(20)31-23(26)24-22(27)14-30-19-8-6-5-7-9-19/h5-13,20-21H,3-4,14-16H2,1-2H3/t20-,21+/m0/s1. The Kier molecular flexibility index (Phi) is 6.76. The van der Waals surface area contributed by atoms with Crippen molar-refractivity contribution in [2.75, 3.05) is 41.0 Å². The van der Waals surface area contributed by atoms with E-state index in [0.717, 1.165) is 24.5 Å². The molecule has 2 aromatic rings. The summed E-state index contributed by atoms with van der Waals surface area (Å²) in [5.41, 5.74) is 1.94. The largest absolute Gasteiger partial charge is 0.484 e. The second-order valence-corrected chi connectivity index (χ2v) is 11.1. The molecule has 9 heteroatoms. The Morgan fingerprint density at radius 2 is 1.78 bits per heavy atom. The summed E-state index contributed by atoms with van der Waals surface area (Å²) in [5.74, 6) is 0.371. The summed E-state index contributed by atoms with van der Waals surface area (Å²) in [5, 5.41) is 0.399. The lowest BCUT2D eigenvalue weighted by molar-refractivity contribution is -0.119. The molecule has 0 spiro atoms. The lowest BCUT2D eigenvalue weighted by Gasteiger charge is -2.26. The number of amides is 1. The molecule has 4 rings (SSSR count). The van der Waals surface area contributed by atoms with E-state index in [1.807, 2.05) is 47.4 Å². The number of hydrogen-bond acceptors (Lipinski definition) is 6. The number of carbonyl (C=O) groups excluding carboxylic acids is 1. The fourth-order valence-electron chi connectivity index (χ4n) is 4.08. The Labute approximate surface area is 193 Å². The van der Waals surface area contributed by atoms with E-state index >= 15 is 0 Å². The zero-order valence-corrected chi connectivity index (χ0v) is 19.8. The number of amidine groups is 1. The molecule has 0 N–H and O–H groups in total. The number of carbonyl (C=O) groups is 1. The summed E-state index contributed by atoms with van der Waals surface area (Å²) >= 11 is 1.37. The van der Waals surface area contributed by atoms with Crippen LogP contribution in [0.3, 0.4) is 0 Å². The maximum Gasteiger partial charge on any atom is 0.285 e. The molecule has 2 aliphatic rings. The minimum Gasteiger partial charge on any atom is -0.484 e. The van der Waals surface area contributed by atoms with E-state index in [1.54, 1.807) is 12.1 Å². The number of anilines is 2. The first-order valence-corrected chi connectivity index (χ1v) is 13.4. The smallest absolute Gasteiger partial charge is 0.285 e. The van der Waals surface area contributed by atoms with Crippen molar-refractivity contribution in [2.24, 2.45) is 4.99 Å². The fraction of sp³-hybridized carbons (Fsp3) is 0.391. The molecule has 2 fully saturated rings. The Morgan fingerprint density at radius 1 is 1.09 bits per heavy atom. The Balaban J connectivity index is 1.57. The molecular weight excluding hydrogens is 446 g/mol. The van der Waals surface area contributed by atoms with Crippen LogP contribution in [0.2, 0.25) is 0 Å². The summed E-state index contributed by atoms with van der Waals surface area (Å²) in [6.07, 6.45) is 0. The van der Waals surface area contributed by atoms with Gasteiger partial charge in [-0.1, -0.05) is 30.0 Å². The molecule has 2 aliphatic heterocycles. The lowest BCUT2D eigenvalue weighted by atomic mass is 10.2. The van der Waals surface area contributed by atoms with Gasteiger partial charge in [0, 0.05) is 29.7 Å².